The van der Waals surface area contributed by atoms with Gasteiger partial charge >= 0.3 is 7.32 Å². The van der Waals surface area contributed by atoms with E-state index in [2.05, 4.69) is 62.4 Å². The van der Waals surface area contributed by atoms with Gasteiger partial charge in [0.25, 0.3) is 0 Å². The van der Waals surface area contributed by atoms with Gasteiger partial charge in [-0.1, -0.05) is 124 Å². The average molecular weight is 591 g/mol. The van der Waals surface area contributed by atoms with E-state index in [9.17, 15) is 0 Å². The highest BCUT2D eigenvalue weighted by Crippen LogP contribution is 2.55. The zero-order valence-electron chi connectivity index (χ0n) is 25.6. The van der Waals surface area contributed by atoms with Crippen LogP contribution >= 0.6 is 7.92 Å². The van der Waals surface area contributed by atoms with Crippen LogP contribution < -0.4 is 9.96 Å². The van der Waals surface area contributed by atoms with Gasteiger partial charge in [0.2, 0.25) is 0 Å². The summed E-state index contributed by atoms with van der Waals surface area (Å²) >= 11 is 0. The number of benzene rings is 5. The maximum atomic E-state index is 9.14. The lowest BCUT2D eigenvalue weighted by atomic mass is 9.97. The van der Waals surface area contributed by atoms with E-state index in [4.69, 9.17) is 14.7 Å². The van der Waals surface area contributed by atoms with Crippen LogP contribution in [-0.4, -0.2) is 28.7 Å². The number of aryl methyl sites for hydroxylation is 2. The maximum Gasteiger partial charge on any atom is 0.707 e. The Kier molecular flexibility index (Phi) is 9.68. The van der Waals surface area contributed by atoms with Crippen molar-refractivity contribution < 1.29 is 14.7 Å². The lowest BCUT2D eigenvalue weighted by Gasteiger charge is -2.39. The van der Waals surface area contributed by atoms with E-state index < -0.39 is 7.32 Å². The van der Waals surface area contributed by atoms with Gasteiger partial charge in [0.05, 0.1) is 0 Å². The molecule has 5 aromatic rings. The number of hydrogen-bond acceptors (Lipinski definition) is 3. The molecular formula is C38H44BO3P. The molecular weight excluding hydrogens is 546 g/mol. The van der Waals surface area contributed by atoms with Crippen LogP contribution in [0.2, 0.25) is 0 Å². The third kappa shape index (κ3) is 7.09. The predicted molar refractivity (Wildman–Crippen MR) is 186 cm³/mol. The first-order valence-corrected chi connectivity index (χ1v) is 17.7. The van der Waals surface area contributed by atoms with Crippen LogP contribution in [0.4, 0.5) is 0 Å². The fourth-order valence-corrected chi connectivity index (χ4v) is 11.5. The summed E-state index contributed by atoms with van der Waals surface area (Å²) in [6.07, 6.45) is 15.0. The molecule has 0 atom stereocenters. The number of fused-ring (bicyclic) bond motifs is 4. The summed E-state index contributed by atoms with van der Waals surface area (Å²) in [5.41, 5.74) is 5.00. The van der Waals surface area contributed by atoms with Gasteiger partial charge in [-0.25, -0.2) is 0 Å². The highest BCUT2D eigenvalue weighted by Gasteiger charge is 2.32. The second-order valence-electron chi connectivity index (χ2n) is 12.6. The molecule has 5 heteroatoms. The van der Waals surface area contributed by atoms with Crippen LogP contribution in [0, 0.1) is 13.8 Å². The number of hydrogen-bond donors (Lipinski definition) is 2. The topological polar surface area (TPSA) is 49.7 Å². The van der Waals surface area contributed by atoms with Crippen LogP contribution in [0.1, 0.15) is 75.3 Å². The van der Waals surface area contributed by atoms with E-state index in [-0.39, 0.29) is 7.92 Å². The monoisotopic (exact) mass is 590 g/mol. The molecule has 0 aromatic heterocycles. The summed E-state index contributed by atoms with van der Waals surface area (Å²) < 4.78 is 5.16. The molecule has 0 heterocycles. The van der Waals surface area contributed by atoms with Gasteiger partial charge in [0.15, 0.2) is 0 Å². The first kappa shape index (κ1) is 30.1. The van der Waals surface area contributed by atoms with Crippen LogP contribution in [0.15, 0.2) is 84.9 Å². The highest BCUT2D eigenvalue weighted by molar-refractivity contribution is 7.67. The van der Waals surface area contributed by atoms with Gasteiger partial charge in [-0.3, -0.25) is 0 Å². The fourth-order valence-electron chi connectivity index (χ4n) is 7.52. The normalized spacial score (nSPS) is 16.4. The van der Waals surface area contributed by atoms with Crippen molar-refractivity contribution in [2.24, 2.45) is 0 Å². The van der Waals surface area contributed by atoms with E-state index in [0.717, 1.165) is 38.2 Å². The maximum absolute atomic E-state index is 9.14. The quantitative estimate of drug-likeness (QED) is 0.0928. The fraction of sp³-hybridized carbons (Fsp3) is 0.368. The van der Waals surface area contributed by atoms with Crippen molar-refractivity contribution in [3.63, 3.8) is 0 Å². The van der Waals surface area contributed by atoms with Crippen molar-refractivity contribution >= 4 is 52.9 Å². The van der Waals surface area contributed by atoms with Crippen LogP contribution in [0.3, 0.4) is 0 Å². The third-order valence-electron chi connectivity index (χ3n) is 9.36. The number of rotatable bonds is 5. The SMILES string of the molecule is Cc1cc(C)cc(P(C2CCCCC2)C2CCCCC2)c1.OB(O)Oc1cccc2ccc3cc4ccccc4cc3c12. The summed E-state index contributed by atoms with van der Waals surface area (Å²) in [5.74, 6) is 0.466. The molecule has 7 rings (SSSR count). The molecule has 2 N–H and O–H groups in total. The minimum Gasteiger partial charge on any atom is -0.511 e. The van der Waals surface area contributed by atoms with Gasteiger partial charge in [0.1, 0.15) is 5.75 Å². The Morgan fingerprint density at radius 3 is 1.77 bits per heavy atom. The molecule has 222 valence electrons. The van der Waals surface area contributed by atoms with E-state index in [1.165, 1.54) is 80.7 Å². The first-order valence-electron chi connectivity index (χ1n) is 16.2. The summed E-state index contributed by atoms with van der Waals surface area (Å²) in [7, 11) is -1.76. The molecule has 5 aromatic carbocycles. The van der Waals surface area contributed by atoms with E-state index in [1.807, 2.05) is 30.3 Å². The molecule has 2 aliphatic rings. The summed E-state index contributed by atoms with van der Waals surface area (Å²) in [5, 5.41) is 26.4. The molecule has 0 unspecified atom stereocenters. The van der Waals surface area contributed by atoms with E-state index in [1.54, 1.807) is 11.4 Å². The molecule has 0 bridgehead atoms. The Morgan fingerprint density at radius 2 is 1.16 bits per heavy atom. The Hall–Kier alpha value is -2.91. The van der Waals surface area contributed by atoms with Crippen molar-refractivity contribution in [2.75, 3.05) is 0 Å². The molecule has 2 fully saturated rings. The minimum atomic E-state index is -1.83. The predicted octanol–water partition coefficient (Wildman–Crippen LogP) is 9.57. The molecule has 0 aliphatic heterocycles. The Bertz CT molecular complexity index is 1650. The smallest absolute Gasteiger partial charge is 0.511 e. The van der Waals surface area contributed by atoms with Gasteiger partial charge in [-0.15, -0.1) is 0 Å². The molecule has 0 amide bonds. The van der Waals surface area contributed by atoms with Crippen molar-refractivity contribution in [1.82, 2.24) is 0 Å². The Balaban J connectivity index is 0.000000153. The van der Waals surface area contributed by atoms with Crippen molar-refractivity contribution in [2.45, 2.75) is 89.4 Å². The van der Waals surface area contributed by atoms with Gasteiger partial charge in [-0.05, 0) is 101 Å². The van der Waals surface area contributed by atoms with Crippen molar-refractivity contribution in [1.29, 1.82) is 0 Å². The zero-order valence-corrected chi connectivity index (χ0v) is 26.5. The standard InChI is InChI=1S/C20H31P.C18H13BO3/c1-16-13-17(2)15-20(14-16)21(18-9-5-3-6-10-18)19-11-7-4-8-12-19;20-19(21)22-17-7-3-6-12-8-9-15-10-13-4-1-2-5-14(13)11-16(15)18(12)17/h13-15,18-19H,3-12H2,1-2H3;1-11,20-21H. The largest absolute Gasteiger partial charge is 0.707 e. The molecule has 2 saturated carbocycles. The van der Waals surface area contributed by atoms with Crippen LogP contribution in [0.5, 0.6) is 5.75 Å². The van der Waals surface area contributed by atoms with Gasteiger partial charge in [0, 0.05) is 5.39 Å². The molecule has 0 radical (unpaired) electrons. The second-order valence-corrected chi connectivity index (χ2v) is 15.4. The summed E-state index contributed by atoms with van der Waals surface area (Å²) in [6, 6.07) is 29.5. The average Bonchev–Trinajstić information content (AvgIpc) is 3.01. The Labute approximate surface area is 258 Å². The summed E-state index contributed by atoms with van der Waals surface area (Å²) in [6.45, 7) is 4.57. The molecule has 0 saturated heterocycles. The lowest BCUT2D eigenvalue weighted by Crippen LogP contribution is -2.26. The van der Waals surface area contributed by atoms with E-state index >= 15 is 0 Å². The minimum absolute atomic E-state index is 0.0755. The molecule has 0 spiro atoms. The summed E-state index contributed by atoms with van der Waals surface area (Å²) in [4.78, 5) is 0. The van der Waals surface area contributed by atoms with E-state index in [0.29, 0.717) is 5.75 Å². The first-order chi connectivity index (χ1) is 21.0. The Morgan fingerprint density at radius 1 is 0.605 bits per heavy atom. The lowest BCUT2D eigenvalue weighted by molar-refractivity contribution is 0.289. The molecule has 43 heavy (non-hydrogen) atoms. The van der Waals surface area contributed by atoms with Crippen LogP contribution in [0.25, 0.3) is 32.3 Å². The molecule has 3 nitrogen and oxygen atoms in total. The van der Waals surface area contributed by atoms with Crippen molar-refractivity contribution in [3.05, 3.63) is 96.1 Å². The van der Waals surface area contributed by atoms with Crippen molar-refractivity contribution in [3.8, 4) is 5.75 Å². The molecule has 2 aliphatic carbocycles. The van der Waals surface area contributed by atoms with Crippen LogP contribution in [-0.2, 0) is 0 Å². The highest BCUT2D eigenvalue weighted by atomic mass is 31.1. The van der Waals surface area contributed by atoms with Gasteiger partial charge in [-0.2, -0.15) is 0 Å². The zero-order chi connectivity index (χ0) is 29.8. The van der Waals surface area contributed by atoms with Gasteiger partial charge < -0.3 is 14.7 Å². The second kappa shape index (κ2) is 13.8. The third-order valence-corrected chi connectivity index (χ3v) is 12.8.